The molecule has 0 radical (unpaired) electrons. The van der Waals surface area contributed by atoms with Crippen LogP contribution in [-0.4, -0.2) is 31.9 Å². The number of alkyl halides is 3. The van der Waals surface area contributed by atoms with Gasteiger partial charge in [-0.1, -0.05) is 19.3 Å². The Hall–Kier alpha value is -1.86. The van der Waals surface area contributed by atoms with Crippen LogP contribution in [0.15, 0.2) is 18.6 Å². The van der Waals surface area contributed by atoms with Crippen LogP contribution in [0.4, 0.5) is 19.0 Å². The number of nitrogens with zero attached hydrogens (tertiary/aromatic N) is 5. The highest BCUT2D eigenvalue weighted by Gasteiger charge is 2.43. The minimum Gasteiger partial charge on any atom is -0.265 e. The molecule has 2 aromatic heterocycles. The second kappa shape index (κ2) is 4.92. The predicted molar refractivity (Wildman–Crippen MR) is 66.2 cm³/mol. The predicted octanol–water partition coefficient (Wildman–Crippen LogP) is 2.78. The fraction of sp³-hybridized carbons (Fsp3) is 0.583. The normalized spacial score (nSPS) is 17.6. The first kappa shape index (κ1) is 13.1. The molecule has 108 valence electrons. The third-order valence-electron chi connectivity index (χ3n) is 3.62. The lowest BCUT2D eigenvalue weighted by atomic mass is 9.94. The maximum atomic E-state index is 13.5. The highest BCUT2D eigenvalue weighted by atomic mass is 19.4. The van der Waals surface area contributed by atoms with Gasteiger partial charge in [0.15, 0.2) is 0 Å². The van der Waals surface area contributed by atoms with Gasteiger partial charge in [-0.15, -0.1) is 0 Å². The van der Waals surface area contributed by atoms with Crippen LogP contribution in [0.25, 0.3) is 5.78 Å². The standard InChI is InChI=1S/C12H14F3N5/c13-12(14,15)19(9-4-2-1-3-5-9)10-6-7-16-11-17-8-18-20(10)11/h6-9H,1-5H2. The van der Waals surface area contributed by atoms with Gasteiger partial charge in [0.05, 0.1) is 0 Å². The lowest BCUT2D eigenvalue weighted by Gasteiger charge is -2.36. The lowest BCUT2D eigenvalue weighted by molar-refractivity contribution is -0.137. The van der Waals surface area contributed by atoms with Crippen molar-refractivity contribution in [2.24, 2.45) is 0 Å². The van der Waals surface area contributed by atoms with Crippen LogP contribution in [0.2, 0.25) is 0 Å². The molecule has 1 aliphatic rings. The zero-order valence-electron chi connectivity index (χ0n) is 10.7. The Morgan fingerprint density at radius 3 is 2.60 bits per heavy atom. The average Bonchev–Trinajstić information content (AvgIpc) is 2.88. The first-order valence-corrected chi connectivity index (χ1v) is 6.58. The number of rotatable bonds is 2. The molecule has 0 atom stereocenters. The van der Waals surface area contributed by atoms with Crippen LogP contribution in [0, 0.1) is 0 Å². The summed E-state index contributed by atoms with van der Waals surface area (Å²) in [5.41, 5.74) is 0. The molecule has 3 rings (SSSR count). The van der Waals surface area contributed by atoms with Crippen LogP contribution in [0.3, 0.4) is 0 Å². The van der Waals surface area contributed by atoms with Gasteiger partial charge >= 0.3 is 6.30 Å². The number of anilines is 1. The van der Waals surface area contributed by atoms with Gasteiger partial charge in [0.2, 0.25) is 0 Å². The third kappa shape index (κ3) is 2.30. The highest BCUT2D eigenvalue weighted by Crippen LogP contribution is 2.35. The maximum absolute atomic E-state index is 13.5. The van der Waals surface area contributed by atoms with Gasteiger partial charge < -0.3 is 0 Å². The largest absolute Gasteiger partial charge is 0.486 e. The van der Waals surface area contributed by atoms with E-state index >= 15 is 0 Å². The summed E-state index contributed by atoms with van der Waals surface area (Å²) in [5.74, 6) is 0.152. The van der Waals surface area contributed by atoms with E-state index in [2.05, 4.69) is 15.1 Å². The molecule has 1 saturated carbocycles. The third-order valence-corrected chi connectivity index (χ3v) is 3.62. The van der Waals surface area contributed by atoms with E-state index in [0.29, 0.717) is 17.7 Å². The maximum Gasteiger partial charge on any atom is 0.486 e. The van der Waals surface area contributed by atoms with E-state index in [4.69, 9.17) is 0 Å². The molecule has 0 spiro atoms. The van der Waals surface area contributed by atoms with Gasteiger partial charge in [-0.05, 0) is 18.9 Å². The summed E-state index contributed by atoms with van der Waals surface area (Å²) in [7, 11) is 0. The second-order valence-electron chi connectivity index (χ2n) is 4.90. The van der Waals surface area contributed by atoms with E-state index in [1.807, 2.05) is 0 Å². The molecule has 0 N–H and O–H groups in total. The van der Waals surface area contributed by atoms with Gasteiger partial charge in [0.1, 0.15) is 12.1 Å². The molecule has 0 unspecified atom stereocenters. The number of halogens is 3. The van der Waals surface area contributed by atoms with Gasteiger partial charge in [-0.25, -0.2) is 4.98 Å². The zero-order valence-corrected chi connectivity index (χ0v) is 10.7. The summed E-state index contributed by atoms with van der Waals surface area (Å²) in [5, 5.41) is 3.85. The molecule has 8 heteroatoms. The van der Waals surface area contributed by atoms with Gasteiger partial charge in [-0.2, -0.15) is 27.8 Å². The van der Waals surface area contributed by atoms with Crippen molar-refractivity contribution in [1.82, 2.24) is 19.6 Å². The summed E-state index contributed by atoms with van der Waals surface area (Å²) < 4.78 is 41.5. The number of hydrogen-bond acceptors (Lipinski definition) is 4. The summed E-state index contributed by atoms with van der Waals surface area (Å²) in [6.45, 7) is 0. The Morgan fingerprint density at radius 1 is 1.15 bits per heavy atom. The quantitative estimate of drug-likeness (QED) is 0.796. The molecule has 5 nitrogen and oxygen atoms in total. The van der Waals surface area contributed by atoms with Crippen LogP contribution in [-0.2, 0) is 0 Å². The summed E-state index contributed by atoms with van der Waals surface area (Å²) in [6.07, 6.45) is 1.82. The van der Waals surface area contributed by atoms with E-state index in [-0.39, 0.29) is 11.6 Å². The second-order valence-corrected chi connectivity index (χ2v) is 4.90. The zero-order chi connectivity index (χ0) is 14.2. The molecule has 0 saturated heterocycles. The molecule has 0 aromatic carbocycles. The van der Waals surface area contributed by atoms with Crippen molar-refractivity contribution < 1.29 is 13.2 Å². The number of aromatic nitrogens is 4. The SMILES string of the molecule is FC(F)(F)N(c1ccnc2ncnn12)C1CCCCC1. The molecule has 0 bridgehead atoms. The monoisotopic (exact) mass is 285 g/mol. The van der Waals surface area contributed by atoms with E-state index in [1.165, 1.54) is 18.6 Å². The fourth-order valence-electron chi connectivity index (χ4n) is 2.77. The molecule has 2 heterocycles. The Kier molecular flexibility index (Phi) is 3.23. The summed E-state index contributed by atoms with van der Waals surface area (Å²) in [6, 6.07) is 0.794. The van der Waals surface area contributed by atoms with Crippen molar-refractivity contribution in [3.63, 3.8) is 0 Å². The molecule has 1 fully saturated rings. The Bertz CT molecular complexity index is 588. The van der Waals surface area contributed by atoms with Gasteiger partial charge in [-0.3, -0.25) is 4.90 Å². The van der Waals surface area contributed by atoms with E-state index in [0.717, 1.165) is 23.8 Å². The smallest absolute Gasteiger partial charge is 0.265 e. The van der Waals surface area contributed by atoms with Crippen LogP contribution in [0.1, 0.15) is 32.1 Å². The van der Waals surface area contributed by atoms with Crippen molar-refractivity contribution in [2.45, 2.75) is 44.4 Å². The Labute approximate surface area is 113 Å². The minimum absolute atomic E-state index is 0.0214. The van der Waals surface area contributed by atoms with Gasteiger partial charge in [0.25, 0.3) is 5.78 Å². The fourth-order valence-corrected chi connectivity index (χ4v) is 2.77. The Balaban J connectivity index is 2.06. The number of hydrogen-bond donors (Lipinski definition) is 0. The number of fused-ring (bicyclic) bond motifs is 1. The first-order valence-electron chi connectivity index (χ1n) is 6.58. The molecule has 0 aliphatic heterocycles. The van der Waals surface area contributed by atoms with Crippen molar-refractivity contribution in [3.8, 4) is 0 Å². The summed E-state index contributed by atoms with van der Waals surface area (Å²) in [4.78, 5) is 8.25. The van der Waals surface area contributed by atoms with Crippen LogP contribution >= 0.6 is 0 Å². The molecule has 1 aliphatic carbocycles. The van der Waals surface area contributed by atoms with Crippen molar-refractivity contribution in [2.75, 3.05) is 4.90 Å². The first-order chi connectivity index (χ1) is 9.57. The van der Waals surface area contributed by atoms with E-state index in [1.54, 1.807) is 0 Å². The average molecular weight is 285 g/mol. The highest BCUT2D eigenvalue weighted by molar-refractivity contribution is 5.46. The van der Waals surface area contributed by atoms with Crippen molar-refractivity contribution >= 4 is 11.6 Å². The van der Waals surface area contributed by atoms with Crippen molar-refractivity contribution in [3.05, 3.63) is 18.6 Å². The van der Waals surface area contributed by atoms with Crippen LogP contribution in [0.5, 0.6) is 0 Å². The van der Waals surface area contributed by atoms with E-state index in [9.17, 15) is 13.2 Å². The molecular formula is C12H14F3N5. The summed E-state index contributed by atoms with van der Waals surface area (Å²) >= 11 is 0. The van der Waals surface area contributed by atoms with Gasteiger partial charge in [0, 0.05) is 12.2 Å². The molecule has 0 amide bonds. The molecular weight excluding hydrogens is 271 g/mol. The Morgan fingerprint density at radius 2 is 1.90 bits per heavy atom. The topological polar surface area (TPSA) is 46.3 Å². The molecule has 20 heavy (non-hydrogen) atoms. The van der Waals surface area contributed by atoms with E-state index < -0.39 is 12.3 Å². The lowest BCUT2D eigenvalue weighted by Crippen LogP contribution is -2.47. The minimum atomic E-state index is -4.44. The van der Waals surface area contributed by atoms with Crippen molar-refractivity contribution in [1.29, 1.82) is 0 Å². The van der Waals surface area contributed by atoms with Crippen LogP contribution < -0.4 is 4.90 Å². The molecule has 2 aromatic rings.